The molecule has 0 atom stereocenters. The zero-order chi connectivity index (χ0) is 10.7. The number of rotatable bonds is 4. The number of halogens is 1. The van der Waals surface area contributed by atoms with Gasteiger partial charge in [0.1, 0.15) is 0 Å². The first-order valence-corrected chi connectivity index (χ1v) is 6.26. The normalized spacial score (nSPS) is 12.6. The SMILES string of the molecule is CCOC(=O)C(C)(C)CS(=O)(=O)Cl. The van der Waals surface area contributed by atoms with E-state index in [1.165, 1.54) is 13.8 Å². The molecule has 0 radical (unpaired) electrons. The minimum absolute atomic E-state index is 0.227. The van der Waals surface area contributed by atoms with Gasteiger partial charge in [-0.1, -0.05) is 0 Å². The van der Waals surface area contributed by atoms with Crippen molar-refractivity contribution in [3.8, 4) is 0 Å². The topological polar surface area (TPSA) is 60.4 Å². The average Bonchev–Trinajstić information content (AvgIpc) is 1.82. The van der Waals surface area contributed by atoms with Crippen LogP contribution in [0.25, 0.3) is 0 Å². The molecule has 0 rings (SSSR count). The molecule has 0 fully saturated rings. The van der Waals surface area contributed by atoms with Gasteiger partial charge in [-0.05, 0) is 20.8 Å². The van der Waals surface area contributed by atoms with Gasteiger partial charge in [0.05, 0.1) is 17.8 Å². The highest BCUT2D eigenvalue weighted by Gasteiger charge is 2.33. The van der Waals surface area contributed by atoms with E-state index in [-0.39, 0.29) is 6.61 Å². The zero-order valence-electron chi connectivity index (χ0n) is 7.83. The lowest BCUT2D eigenvalue weighted by Gasteiger charge is -2.19. The van der Waals surface area contributed by atoms with E-state index in [2.05, 4.69) is 0 Å². The van der Waals surface area contributed by atoms with E-state index >= 15 is 0 Å². The Morgan fingerprint density at radius 3 is 2.23 bits per heavy atom. The minimum Gasteiger partial charge on any atom is -0.466 e. The molecular formula is C7H13ClO4S. The van der Waals surface area contributed by atoms with Crippen molar-refractivity contribution in [3.05, 3.63) is 0 Å². The molecule has 0 N–H and O–H groups in total. The quantitative estimate of drug-likeness (QED) is 0.535. The Morgan fingerprint density at radius 1 is 1.46 bits per heavy atom. The van der Waals surface area contributed by atoms with Gasteiger partial charge in [-0.3, -0.25) is 4.79 Å². The summed E-state index contributed by atoms with van der Waals surface area (Å²) in [5.74, 6) is -0.973. The van der Waals surface area contributed by atoms with Crippen LogP contribution < -0.4 is 0 Å². The van der Waals surface area contributed by atoms with Crippen molar-refractivity contribution < 1.29 is 17.9 Å². The molecule has 0 saturated heterocycles. The largest absolute Gasteiger partial charge is 0.466 e. The van der Waals surface area contributed by atoms with Gasteiger partial charge in [0, 0.05) is 10.7 Å². The second-order valence-corrected chi connectivity index (χ2v) is 6.06. The molecule has 0 aliphatic heterocycles. The molecule has 0 aromatic carbocycles. The summed E-state index contributed by atoms with van der Waals surface area (Å²) in [6.07, 6.45) is 0. The Hall–Kier alpha value is -0.290. The van der Waals surface area contributed by atoms with E-state index in [0.29, 0.717) is 0 Å². The molecule has 0 aromatic rings. The van der Waals surface area contributed by atoms with E-state index in [4.69, 9.17) is 15.4 Å². The number of carbonyl (C=O) groups excluding carboxylic acids is 1. The first-order chi connectivity index (χ1) is 5.69. The van der Waals surface area contributed by atoms with Crippen LogP contribution in [-0.2, 0) is 18.6 Å². The number of hydrogen-bond donors (Lipinski definition) is 0. The third-order valence-electron chi connectivity index (χ3n) is 1.36. The standard InChI is InChI=1S/C7H13ClO4S/c1-4-12-6(9)7(2,3)5-13(8,10)11/h4-5H2,1-3H3. The third-order valence-corrected chi connectivity index (χ3v) is 2.76. The van der Waals surface area contributed by atoms with Crippen LogP contribution in [0.1, 0.15) is 20.8 Å². The lowest BCUT2D eigenvalue weighted by molar-refractivity contribution is -0.152. The molecule has 0 unspecified atom stereocenters. The highest BCUT2D eigenvalue weighted by molar-refractivity contribution is 8.13. The molecule has 4 nitrogen and oxygen atoms in total. The molecule has 0 amide bonds. The van der Waals surface area contributed by atoms with Crippen molar-refractivity contribution in [3.63, 3.8) is 0 Å². The van der Waals surface area contributed by atoms with Crippen molar-refractivity contribution in [2.45, 2.75) is 20.8 Å². The van der Waals surface area contributed by atoms with Gasteiger partial charge in [-0.15, -0.1) is 0 Å². The van der Waals surface area contributed by atoms with E-state index in [0.717, 1.165) is 0 Å². The van der Waals surface area contributed by atoms with Crippen LogP contribution in [0.2, 0.25) is 0 Å². The van der Waals surface area contributed by atoms with E-state index in [9.17, 15) is 13.2 Å². The first-order valence-electron chi connectivity index (χ1n) is 3.78. The Labute approximate surface area is 82.6 Å². The fraction of sp³-hybridized carbons (Fsp3) is 0.857. The average molecular weight is 229 g/mol. The molecule has 0 heterocycles. The smallest absolute Gasteiger partial charge is 0.312 e. The Balaban J connectivity index is 4.49. The van der Waals surface area contributed by atoms with Gasteiger partial charge in [0.15, 0.2) is 0 Å². The van der Waals surface area contributed by atoms with E-state index in [1.807, 2.05) is 0 Å². The van der Waals surface area contributed by atoms with Gasteiger partial charge < -0.3 is 4.74 Å². The first kappa shape index (κ1) is 12.7. The van der Waals surface area contributed by atoms with Crippen LogP contribution >= 0.6 is 10.7 Å². The molecule has 78 valence electrons. The minimum atomic E-state index is -3.67. The molecule has 0 aliphatic rings. The van der Waals surface area contributed by atoms with Crippen molar-refractivity contribution >= 4 is 25.7 Å². The molecule has 0 saturated carbocycles. The number of carbonyl (C=O) groups is 1. The van der Waals surface area contributed by atoms with Crippen LogP contribution in [0.4, 0.5) is 0 Å². The van der Waals surface area contributed by atoms with Crippen molar-refractivity contribution in [2.75, 3.05) is 12.4 Å². The monoisotopic (exact) mass is 228 g/mol. The fourth-order valence-electron chi connectivity index (χ4n) is 0.816. The summed E-state index contributed by atoms with van der Waals surface area (Å²) in [5.41, 5.74) is -1.09. The van der Waals surface area contributed by atoms with Gasteiger partial charge in [0.2, 0.25) is 9.05 Å². The lowest BCUT2D eigenvalue weighted by Crippen LogP contribution is -2.32. The molecular weight excluding hydrogens is 216 g/mol. The van der Waals surface area contributed by atoms with E-state index in [1.54, 1.807) is 6.92 Å². The molecule has 13 heavy (non-hydrogen) atoms. The summed E-state index contributed by atoms with van der Waals surface area (Å²) in [6.45, 7) is 4.84. The lowest BCUT2D eigenvalue weighted by atomic mass is 9.97. The summed E-state index contributed by atoms with van der Waals surface area (Å²) in [6, 6.07) is 0. The van der Waals surface area contributed by atoms with Gasteiger partial charge in [-0.25, -0.2) is 8.42 Å². The van der Waals surface area contributed by atoms with Crippen LogP contribution in [-0.4, -0.2) is 26.7 Å². The second kappa shape index (κ2) is 4.28. The third kappa shape index (κ3) is 5.10. The zero-order valence-corrected chi connectivity index (χ0v) is 9.41. The maximum atomic E-state index is 11.2. The van der Waals surface area contributed by atoms with Crippen molar-refractivity contribution in [2.24, 2.45) is 5.41 Å². The highest BCUT2D eigenvalue weighted by Crippen LogP contribution is 2.21. The predicted molar refractivity (Wildman–Crippen MR) is 50.1 cm³/mol. The van der Waals surface area contributed by atoms with Crippen LogP contribution in [0, 0.1) is 5.41 Å². The van der Waals surface area contributed by atoms with Gasteiger partial charge >= 0.3 is 5.97 Å². The van der Waals surface area contributed by atoms with Crippen molar-refractivity contribution in [1.29, 1.82) is 0 Å². The van der Waals surface area contributed by atoms with Crippen LogP contribution in [0.5, 0.6) is 0 Å². The summed E-state index contributed by atoms with van der Waals surface area (Å²) in [7, 11) is 1.35. The Bertz CT molecular complexity index is 281. The number of hydrogen-bond acceptors (Lipinski definition) is 4. The fourth-order valence-corrected chi connectivity index (χ4v) is 2.61. The predicted octanol–water partition coefficient (Wildman–Crippen LogP) is 1.14. The molecule has 0 aliphatic carbocycles. The van der Waals surface area contributed by atoms with Crippen LogP contribution in [0.3, 0.4) is 0 Å². The summed E-state index contributed by atoms with van der Waals surface area (Å²) < 4.78 is 26.1. The highest BCUT2D eigenvalue weighted by atomic mass is 35.7. The summed E-state index contributed by atoms with van der Waals surface area (Å²) in [5, 5.41) is 0. The maximum Gasteiger partial charge on any atom is 0.312 e. The molecule has 0 bridgehead atoms. The maximum absolute atomic E-state index is 11.2. The van der Waals surface area contributed by atoms with Crippen molar-refractivity contribution in [1.82, 2.24) is 0 Å². The van der Waals surface area contributed by atoms with Crippen LogP contribution in [0.15, 0.2) is 0 Å². The Morgan fingerprint density at radius 2 is 1.92 bits per heavy atom. The Kier molecular flexibility index (Phi) is 4.19. The van der Waals surface area contributed by atoms with Gasteiger partial charge in [-0.2, -0.15) is 0 Å². The summed E-state index contributed by atoms with van der Waals surface area (Å²) in [4.78, 5) is 11.2. The number of ether oxygens (including phenoxy) is 1. The molecule has 0 aromatic heterocycles. The molecule has 0 spiro atoms. The summed E-state index contributed by atoms with van der Waals surface area (Å²) >= 11 is 0. The number of esters is 1. The molecule has 6 heteroatoms. The van der Waals surface area contributed by atoms with E-state index < -0.39 is 26.2 Å². The second-order valence-electron chi connectivity index (χ2n) is 3.29. The van der Waals surface area contributed by atoms with Gasteiger partial charge in [0.25, 0.3) is 0 Å².